The number of nitrogens with one attached hydrogen (secondary N) is 1. The third-order valence-electron chi connectivity index (χ3n) is 3.60. The summed E-state index contributed by atoms with van der Waals surface area (Å²) in [4.78, 5) is 23.5. The van der Waals surface area contributed by atoms with Crippen LogP contribution in [0.25, 0.3) is 0 Å². The lowest BCUT2D eigenvalue weighted by molar-refractivity contribution is -0.123. The van der Waals surface area contributed by atoms with Crippen LogP contribution in [0.2, 0.25) is 0 Å². The summed E-state index contributed by atoms with van der Waals surface area (Å²) < 4.78 is 2.31. The second kappa shape index (κ2) is 7.04. The van der Waals surface area contributed by atoms with Crippen LogP contribution < -0.4 is 10.9 Å². The van der Waals surface area contributed by atoms with Gasteiger partial charge in [-0.25, -0.2) is 0 Å². The molecule has 0 bridgehead atoms. The summed E-state index contributed by atoms with van der Waals surface area (Å²) >= 11 is 3.30. The van der Waals surface area contributed by atoms with Gasteiger partial charge in [0.2, 0.25) is 5.91 Å². The number of aliphatic hydroxyl groups is 1. The molecule has 2 unspecified atom stereocenters. The molecule has 2 N–H and O–H groups in total. The molecular formula is C14H19BrN2O3. The molecule has 1 aromatic rings. The van der Waals surface area contributed by atoms with Crippen molar-refractivity contribution in [2.24, 2.45) is 0 Å². The lowest BCUT2D eigenvalue weighted by atomic mass is 9.92. The highest BCUT2D eigenvalue weighted by atomic mass is 79.9. The number of rotatable bonds is 4. The maximum absolute atomic E-state index is 11.9. The molecule has 20 heavy (non-hydrogen) atoms. The number of hydrogen-bond donors (Lipinski definition) is 2. The molecule has 0 radical (unpaired) electrons. The van der Waals surface area contributed by atoms with Crippen LogP contribution in [0.15, 0.2) is 27.6 Å². The van der Waals surface area contributed by atoms with E-state index in [0.717, 1.165) is 30.2 Å². The highest BCUT2D eigenvalue weighted by molar-refractivity contribution is 9.10. The second-order valence-corrected chi connectivity index (χ2v) is 6.07. The molecule has 1 heterocycles. The first-order chi connectivity index (χ1) is 9.56. The van der Waals surface area contributed by atoms with E-state index in [4.69, 9.17) is 0 Å². The monoisotopic (exact) mass is 342 g/mol. The third-order valence-corrected chi connectivity index (χ3v) is 4.07. The van der Waals surface area contributed by atoms with E-state index in [-0.39, 0.29) is 23.9 Å². The molecule has 1 aromatic heterocycles. The first-order valence-corrected chi connectivity index (χ1v) is 7.69. The zero-order valence-electron chi connectivity index (χ0n) is 11.2. The summed E-state index contributed by atoms with van der Waals surface area (Å²) in [6.45, 7) is 0.340. The average Bonchev–Trinajstić information content (AvgIpc) is 2.42. The molecule has 1 saturated carbocycles. The van der Waals surface area contributed by atoms with Crippen LogP contribution in [0.1, 0.15) is 32.1 Å². The van der Waals surface area contributed by atoms with Gasteiger partial charge in [0, 0.05) is 29.7 Å². The van der Waals surface area contributed by atoms with Crippen LogP contribution in [-0.2, 0) is 11.3 Å². The van der Waals surface area contributed by atoms with E-state index in [1.807, 2.05) is 0 Å². The molecule has 1 amide bonds. The van der Waals surface area contributed by atoms with Crippen molar-refractivity contribution in [3.8, 4) is 0 Å². The van der Waals surface area contributed by atoms with Gasteiger partial charge in [0.25, 0.3) is 5.56 Å². The minimum atomic E-state index is -0.443. The topological polar surface area (TPSA) is 71.3 Å². The summed E-state index contributed by atoms with van der Waals surface area (Å²) in [6.07, 6.45) is 5.08. The second-order valence-electron chi connectivity index (χ2n) is 5.15. The molecular weight excluding hydrogens is 324 g/mol. The molecule has 110 valence electrons. The zero-order valence-corrected chi connectivity index (χ0v) is 12.8. The molecule has 1 fully saturated rings. The Morgan fingerprint density at radius 2 is 2.15 bits per heavy atom. The highest BCUT2D eigenvalue weighted by Crippen LogP contribution is 2.18. The fourth-order valence-electron chi connectivity index (χ4n) is 2.46. The van der Waals surface area contributed by atoms with Crippen LogP contribution >= 0.6 is 15.9 Å². The van der Waals surface area contributed by atoms with Gasteiger partial charge in [0.15, 0.2) is 0 Å². The van der Waals surface area contributed by atoms with Crippen molar-refractivity contribution in [2.45, 2.75) is 50.8 Å². The molecule has 5 nitrogen and oxygen atoms in total. The van der Waals surface area contributed by atoms with Gasteiger partial charge in [-0.05, 0) is 34.8 Å². The number of aromatic nitrogens is 1. The van der Waals surface area contributed by atoms with Crippen LogP contribution in [0.3, 0.4) is 0 Å². The Hall–Kier alpha value is -1.14. The fraction of sp³-hybridized carbons (Fsp3) is 0.571. The molecule has 0 spiro atoms. The summed E-state index contributed by atoms with van der Waals surface area (Å²) in [5, 5.41) is 12.7. The van der Waals surface area contributed by atoms with Gasteiger partial charge < -0.3 is 15.0 Å². The number of nitrogens with zero attached hydrogens (tertiary/aromatic N) is 1. The third kappa shape index (κ3) is 4.18. The Morgan fingerprint density at radius 3 is 2.90 bits per heavy atom. The quantitative estimate of drug-likeness (QED) is 0.869. The summed E-state index contributed by atoms with van der Waals surface area (Å²) in [7, 11) is 0. The van der Waals surface area contributed by atoms with Crippen LogP contribution in [0, 0.1) is 0 Å². The maximum Gasteiger partial charge on any atom is 0.250 e. The maximum atomic E-state index is 11.9. The zero-order chi connectivity index (χ0) is 14.5. The van der Waals surface area contributed by atoms with E-state index >= 15 is 0 Å². The molecule has 0 aromatic carbocycles. The summed E-state index contributed by atoms with van der Waals surface area (Å²) in [5.41, 5.74) is -0.126. The molecule has 0 aliphatic heterocycles. The van der Waals surface area contributed by atoms with Gasteiger partial charge in [-0.3, -0.25) is 9.59 Å². The van der Waals surface area contributed by atoms with E-state index < -0.39 is 6.10 Å². The Bertz CT molecular complexity index is 529. The largest absolute Gasteiger partial charge is 0.391 e. The number of aryl methyl sites for hydroxylation is 1. The Labute approximate surface area is 126 Å². The average molecular weight is 343 g/mol. The van der Waals surface area contributed by atoms with E-state index in [0.29, 0.717) is 6.54 Å². The highest BCUT2D eigenvalue weighted by Gasteiger charge is 2.24. The van der Waals surface area contributed by atoms with Crippen molar-refractivity contribution < 1.29 is 9.90 Å². The number of carbonyl (C=O) groups excluding carboxylic acids is 1. The summed E-state index contributed by atoms with van der Waals surface area (Å²) in [6, 6.07) is 3.00. The number of aliphatic hydroxyl groups excluding tert-OH is 1. The van der Waals surface area contributed by atoms with E-state index in [9.17, 15) is 14.7 Å². The normalized spacial score (nSPS) is 22.5. The van der Waals surface area contributed by atoms with E-state index in [2.05, 4.69) is 21.2 Å². The van der Waals surface area contributed by atoms with Crippen molar-refractivity contribution in [1.82, 2.24) is 9.88 Å². The van der Waals surface area contributed by atoms with Crippen molar-refractivity contribution in [2.75, 3.05) is 0 Å². The number of hydrogen-bond acceptors (Lipinski definition) is 3. The van der Waals surface area contributed by atoms with Crippen molar-refractivity contribution in [1.29, 1.82) is 0 Å². The van der Waals surface area contributed by atoms with Crippen LogP contribution in [0.4, 0.5) is 0 Å². The molecule has 2 rings (SSSR count). The lowest BCUT2D eigenvalue weighted by Gasteiger charge is -2.28. The molecule has 2 atom stereocenters. The smallest absolute Gasteiger partial charge is 0.250 e. The molecule has 1 aliphatic carbocycles. The van der Waals surface area contributed by atoms with Crippen LogP contribution in [0.5, 0.6) is 0 Å². The molecule has 0 saturated heterocycles. The Balaban J connectivity index is 1.85. The van der Waals surface area contributed by atoms with Gasteiger partial charge in [0.1, 0.15) is 0 Å². The van der Waals surface area contributed by atoms with Crippen molar-refractivity contribution in [3.63, 3.8) is 0 Å². The number of amides is 1. The summed E-state index contributed by atoms with van der Waals surface area (Å²) in [5.74, 6) is -0.122. The van der Waals surface area contributed by atoms with Crippen LogP contribution in [-0.4, -0.2) is 27.7 Å². The minimum Gasteiger partial charge on any atom is -0.391 e. The number of carbonyl (C=O) groups is 1. The predicted molar refractivity (Wildman–Crippen MR) is 79.4 cm³/mol. The van der Waals surface area contributed by atoms with Gasteiger partial charge >= 0.3 is 0 Å². The fourth-order valence-corrected chi connectivity index (χ4v) is 2.84. The van der Waals surface area contributed by atoms with Gasteiger partial charge in [-0.15, -0.1) is 0 Å². The van der Waals surface area contributed by atoms with Crippen molar-refractivity contribution >= 4 is 21.8 Å². The van der Waals surface area contributed by atoms with Gasteiger partial charge in [0.05, 0.1) is 12.1 Å². The predicted octanol–water partition coefficient (Wildman–Crippen LogP) is 1.42. The Kier molecular flexibility index (Phi) is 5.37. The standard InChI is InChI=1S/C14H19BrN2O3/c15-10-5-6-14(20)17(9-10)8-7-13(19)16-11-3-1-2-4-12(11)18/h5-6,9,11-12,18H,1-4,7-8H2,(H,16,19). The minimum absolute atomic E-state index is 0.122. The molecule has 6 heteroatoms. The SMILES string of the molecule is O=C(CCn1cc(Br)ccc1=O)NC1CCCCC1O. The lowest BCUT2D eigenvalue weighted by Crippen LogP contribution is -2.45. The first-order valence-electron chi connectivity index (χ1n) is 6.89. The first kappa shape index (κ1) is 15.3. The van der Waals surface area contributed by atoms with Gasteiger partial charge in [-0.1, -0.05) is 12.8 Å². The molecule has 1 aliphatic rings. The van der Waals surface area contributed by atoms with E-state index in [1.54, 1.807) is 12.3 Å². The number of pyridine rings is 1. The Morgan fingerprint density at radius 1 is 1.40 bits per heavy atom. The van der Waals surface area contributed by atoms with Crippen molar-refractivity contribution in [3.05, 3.63) is 33.2 Å². The van der Waals surface area contributed by atoms with Gasteiger partial charge in [-0.2, -0.15) is 0 Å². The number of halogens is 1. The van der Waals surface area contributed by atoms with E-state index in [1.165, 1.54) is 10.6 Å².